The number of hydrogen-bond donors (Lipinski definition) is 1. The highest BCUT2D eigenvalue weighted by atomic mass is 16.2. The fourth-order valence-electron chi connectivity index (χ4n) is 2.31. The first kappa shape index (κ1) is 13.1. The summed E-state index contributed by atoms with van der Waals surface area (Å²) >= 11 is 0. The first-order valence-electron chi connectivity index (χ1n) is 6.64. The molecule has 2 amide bonds. The van der Waals surface area contributed by atoms with Crippen LogP contribution in [0.1, 0.15) is 26.3 Å². The summed E-state index contributed by atoms with van der Waals surface area (Å²) in [5, 5.41) is 0. The van der Waals surface area contributed by atoms with E-state index >= 15 is 0 Å². The average molecular weight is 278 g/mol. The zero-order valence-corrected chi connectivity index (χ0v) is 11.3. The molecule has 2 aromatic carbocycles. The first-order chi connectivity index (χ1) is 10.2. The van der Waals surface area contributed by atoms with Gasteiger partial charge in [0.15, 0.2) is 0 Å². The number of amides is 2. The topological polar surface area (TPSA) is 63.4 Å². The van der Waals surface area contributed by atoms with E-state index in [0.717, 1.165) is 5.56 Å². The Kier molecular flexibility index (Phi) is 3.28. The monoisotopic (exact) mass is 278 g/mol. The van der Waals surface area contributed by atoms with Crippen molar-refractivity contribution in [1.82, 2.24) is 4.90 Å². The third-order valence-electron chi connectivity index (χ3n) is 3.41. The highest BCUT2D eigenvalue weighted by Crippen LogP contribution is 2.22. The van der Waals surface area contributed by atoms with Gasteiger partial charge in [-0.1, -0.05) is 36.4 Å². The van der Waals surface area contributed by atoms with Gasteiger partial charge in [-0.25, -0.2) is 0 Å². The van der Waals surface area contributed by atoms with E-state index < -0.39 is 0 Å². The minimum Gasteiger partial charge on any atom is -0.399 e. The maximum absolute atomic E-state index is 12.1. The minimum absolute atomic E-state index is 0.238. The number of benzene rings is 2. The molecule has 0 saturated carbocycles. The van der Waals surface area contributed by atoms with Crippen molar-refractivity contribution in [3.63, 3.8) is 0 Å². The number of hydrogen-bond acceptors (Lipinski definition) is 3. The summed E-state index contributed by atoms with van der Waals surface area (Å²) in [6, 6.07) is 14.3. The van der Waals surface area contributed by atoms with Crippen LogP contribution in [-0.2, 0) is 0 Å². The third-order valence-corrected chi connectivity index (χ3v) is 3.41. The molecule has 1 aliphatic rings. The van der Waals surface area contributed by atoms with Crippen molar-refractivity contribution < 1.29 is 9.59 Å². The summed E-state index contributed by atoms with van der Waals surface area (Å²) in [6.45, 7) is 0.261. The Balaban J connectivity index is 1.74. The SMILES string of the molecule is Nc1ccc(/C=C/CN2C(=O)c3ccccc3C2=O)cc1. The minimum atomic E-state index is -0.238. The fourth-order valence-corrected chi connectivity index (χ4v) is 2.31. The van der Waals surface area contributed by atoms with Crippen molar-refractivity contribution in [3.05, 3.63) is 71.3 Å². The molecule has 0 saturated heterocycles. The van der Waals surface area contributed by atoms with Crippen molar-refractivity contribution in [2.24, 2.45) is 0 Å². The Morgan fingerprint density at radius 3 is 2.05 bits per heavy atom. The average Bonchev–Trinajstić information content (AvgIpc) is 2.75. The second kappa shape index (κ2) is 5.25. The Morgan fingerprint density at radius 1 is 0.905 bits per heavy atom. The predicted molar refractivity (Wildman–Crippen MR) is 81.7 cm³/mol. The maximum Gasteiger partial charge on any atom is 0.261 e. The van der Waals surface area contributed by atoms with Crippen LogP contribution >= 0.6 is 0 Å². The Hall–Kier alpha value is -2.88. The van der Waals surface area contributed by atoms with Crippen molar-refractivity contribution in [2.75, 3.05) is 12.3 Å². The van der Waals surface area contributed by atoms with Gasteiger partial charge in [0, 0.05) is 12.2 Å². The number of nitrogen functional groups attached to an aromatic ring is 1. The van der Waals surface area contributed by atoms with Gasteiger partial charge >= 0.3 is 0 Å². The van der Waals surface area contributed by atoms with Gasteiger partial charge in [-0.05, 0) is 29.8 Å². The molecule has 1 heterocycles. The molecular formula is C17H14N2O2. The van der Waals surface area contributed by atoms with Crippen LogP contribution in [0.15, 0.2) is 54.6 Å². The number of carbonyl (C=O) groups excluding carboxylic acids is 2. The molecule has 4 nitrogen and oxygen atoms in total. The Labute approximate surface area is 122 Å². The molecule has 4 heteroatoms. The van der Waals surface area contributed by atoms with E-state index in [2.05, 4.69) is 0 Å². The van der Waals surface area contributed by atoms with Gasteiger partial charge in [0.2, 0.25) is 0 Å². The third kappa shape index (κ3) is 2.43. The zero-order valence-electron chi connectivity index (χ0n) is 11.3. The first-order valence-corrected chi connectivity index (χ1v) is 6.64. The summed E-state index contributed by atoms with van der Waals surface area (Å²) in [4.78, 5) is 25.5. The standard InChI is InChI=1S/C17H14N2O2/c18-13-9-7-12(8-10-13)4-3-11-19-16(20)14-5-1-2-6-15(14)17(19)21/h1-10H,11,18H2/b4-3+. The second-order valence-electron chi connectivity index (χ2n) is 4.84. The number of carbonyl (C=O) groups is 2. The fraction of sp³-hybridized carbons (Fsp3) is 0.0588. The number of nitrogens with two attached hydrogens (primary N) is 1. The van der Waals surface area contributed by atoms with E-state index in [9.17, 15) is 9.59 Å². The van der Waals surface area contributed by atoms with Gasteiger partial charge in [0.25, 0.3) is 11.8 Å². The number of anilines is 1. The van der Waals surface area contributed by atoms with Crippen LogP contribution in [0.3, 0.4) is 0 Å². The predicted octanol–water partition coefficient (Wildman–Crippen LogP) is 2.58. The van der Waals surface area contributed by atoms with Crippen molar-refractivity contribution in [1.29, 1.82) is 0 Å². The van der Waals surface area contributed by atoms with E-state index in [0.29, 0.717) is 16.8 Å². The summed E-state index contributed by atoms with van der Waals surface area (Å²) in [6.07, 6.45) is 3.66. The van der Waals surface area contributed by atoms with Gasteiger partial charge in [-0.15, -0.1) is 0 Å². The van der Waals surface area contributed by atoms with E-state index in [1.165, 1.54) is 4.90 Å². The molecule has 0 atom stereocenters. The van der Waals surface area contributed by atoms with E-state index in [1.807, 2.05) is 30.3 Å². The van der Waals surface area contributed by atoms with Crippen LogP contribution in [0.25, 0.3) is 6.08 Å². The Morgan fingerprint density at radius 2 is 1.48 bits per heavy atom. The Bertz CT molecular complexity index is 698. The smallest absolute Gasteiger partial charge is 0.261 e. The van der Waals surface area contributed by atoms with Gasteiger partial charge in [-0.3, -0.25) is 14.5 Å². The number of imide groups is 1. The summed E-state index contributed by atoms with van der Waals surface area (Å²) in [5.41, 5.74) is 8.24. The molecule has 0 aromatic heterocycles. The normalized spacial score (nSPS) is 14.0. The summed E-state index contributed by atoms with van der Waals surface area (Å²) < 4.78 is 0. The zero-order chi connectivity index (χ0) is 14.8. The second-order valence-corrected chi connectivity index (χ2v) is 4.84. The highest BCUT2D eigenvalue weighted by molar-refractivity contribution is 6.21. The molecule has 104 valence electrons. The lowest BCUT2D eigenvalue weighted by Crippen LogP contribution is -2.29. The van der Waals surface area contributed by atoms with Crippen LogP contribution in [0, 0.1) is 0 Å². The number of rotatable bonds is 3. The van der Waals surface area contributed by atoms with Gasteiger partial charge < -0.3 is 5.73 Å². The van der Waals surface area contributed by atoms with Gasteiger partial charge in [0.05, 0.1) is 11.1 Å². The van der Waals surface area contributed by atoms with Crippen molar-refractivity contribution >= 4 is 23.6 Å². The van der Waals surface area contributed by atoms with Gasteiger partial charge in [-0.2, -0.15) is 0 Å². The number of fused-ring (bicyclic) bond motifs is 1. The van der Waals surface area contributed by atoms with Crippen LogP contribution in [0.2, 0.25) is 0 Å². The van der Waals surface area contributed by atoms with Crippen LogP contribution < -0.4 is 5.73 Å². The summed E-state index contributed by atoms with van der Waals surface area (Å²) in [5.74, 6) is -0.477. The van der Waals surface area contributed by atoms with E-state index in [4.69, 9.17) is 5.73 Å². The molecular weight excluding hydrogens is 264 g/mol. The molecule has 0 bridgehead atoms. The van der Waals surface area contributed by atoms with Gasteiger partial charge in [0.1, 0.15) is 0 Å². The molecule has 3 rings (SSSR count). The molecule has 1 aliphatic heterocycles. The molecule has 0 radical (unpaired) electrons. The lowest BCUT2D eigenvalue weighted by molar-refractivity contribution is 0.0672. The van der Waals surface area contributed by atoms with Crippen LogP contribution in [-0.4, -0.2) is 23.3 Å². The van der Waals surface area contributed by atoms with E-state index in [1.54, 1.807) is 30.3 Å². The van der Waals surface area contributed by atoms with Crippen molar-refractivity contribution in [2.45, 2.75) is 0 Å². The molecule has 0 spiro atoms. The molecule has 2 N–H and O–H groups in total. The molecule has 0 fully saturated rings. The van der Waals surface area contributed by atoms with Crippen molar-refractivity contribution in [3.8, 4) is 0 Å². The lowest BCUT2D eigenvalue weighted by Gasteiger charge is -2.10. The largest absolute Gasteiger partial charge is 0.399 e. The molecule has 2 aromatic rings. The maximum atomic E-state index is 12.1. The number of nitrogens with zero attached hydrogens (tertiary/aromatic N) is 1. The quantitative estimate of drug-likeness (QED) is 0.693. The molecule has 0 aliphatic carbocycles. The molecule has 21 heavy (non-hydrogen) atoms. The van der Waals surface area contributed by atoms with E-state index in [-0.39, 0.29) is 18.4 Å². The van der Waals surface area contributed by atoms with Crippen LogP contribution in [0.5, 0.6) is 0 Å². The van der Waals surface area contributed by atoms with Crippen LogP contribution in [0.4, 0.5) is 5.69 Å². The molecule has 0 unspecified atom stereocenters. The highest BCUT2D eigenvalue weighted by Gasteiger charge is 2.33. The lowest BCUT2D eigenvalue weighted by atomic mass is 10.1. The summed E-state index contributed by atoms with van der Waals surface area (Å²) in [7, 11) is 0.